The predicted octanol–water partition coefficient (Wildman–Crippen LogP) is 9.18. The third kappa shape index (κ3) is 6.72. The lowest BCUT2D eigenvalue weighted by Crippen LogP contribution is -2.40. The van der Waals surface area contributed by atoms with Gasteiger partial charge in [-0.25, -0.2) is 4.39 Å². The average molecular weight is 524 g/mol. The standard InChI is InChI=1S/C36H39F2N/c1-7-29-13-14-34(24(2)17-29)35(27(5)28(6)36-25(3)18-33(38)19-26(36)4)21-31-11-9-30(10-12-31)20-32-22-39(23-32)16-8-15-37/h7,9-14,17-20H,1,6,8,15-16,21-23H2,2-5H3/b35-27+. The first kappa shape index (κ1) is 28.4. The molecule has 0 radical (unpaired) electrons. The summed E-state index contributed by atoms with van der Waals surface area (Å²) >= 11 is 0. The lowest BCUT2D eigenvalue weighted by molar-refractivity contribution is 0.239. The van der Waals surface area contributed by atoms with E-state index in [9.17, 15) is 8.78 Å². The number of halogens is 2. The summed E-state index contributed by atoms with van der Waals surface area (Å²) < 4.78 is 26.5. The lowest BCUT2D eigenvalue weighted by atomic mass is 9.84. The number of hydrogen-bond acceptors (Lipinski definition) is 1. The molecule has 1 nitrogen and oxygen atoms in total. The van der Waals surface area contributed by atoms with E-state index in [-0.39, 0.29) is 12.5 Å². The van der Waals surface area contributed by atoms with Gasteiger partial charge in [0.1, 0.15) is 5.82 Å². The van der Waals surface area contributed by atoms with Crippen LogP contribution in [0.25, 0.3) is 23.3 Å². The fourth-order valence-electron chi connectivity index (χ4n) is 5.57. The number of nitrogens with zero attached hydrogens (tertiary/aromatic N) is 1. The van der Waals surface area contributed by atoms with E-state index in [1.54, 1.807) is 12.1 Å². The molecule has 1 aliphatic rings. The van der Waals surface area contributed by atoms with Crippen LogP contribution in [0.1, 0.15) is 57.9 Å². The van der Waals surface area contributed by atoms with Gasteiger partial charge in [-0.05, 0) is 119 Å². The molecule has 0 aromatic heterocycles. The van der Waals surface area contributed by atoms with Gasteiger partial charge in [0.25, 0.3) is 0 Å². The molecule has 4 rings (SSSR count). The summed E-state index contributed by atoms with van der Waals surface area (Å²) in [4.78, 5) is 2.27. The van der Waals surface area contributed by atoms with E-state index in [4.69, 9.17) is 0 Å². The Morgan fingerprint density at radius 1 is 0.923 bits per heavy atom. The number of rotatable bonds is 10. The summed E-state index contributed by atoms with van der Waals surface area (Å²) in [5.74, 6) is -0.219. The van der Waals surface area contributed by atoms with Crippen LogP contribution in [-0.2, 0) is 6.42 Å². The molecule has 3 aromatic carbocycles. The second kappa shape index (κ2) is 12.5. The second-order valence-electron chi connectivity index (χ2n) is 10.7. The number of alkyl halides is 1. The van der Waals surface area contributed by atoms with Gasteiger partial charge in [-0.2, -0.15) is 0 Å². The van der Waals surface area contributed by atoms with Gasteiger partial charge in [0, 0.05) is 19.6 Å². The van der Waals surface area contributed by atoms with Gasteiger partial charge < -0.3 is 0 Å². The van der Waals surface area contributed by atoms with Gasteiger partial charge >= 0.3 is 0 Å². The molecule has 3 heteroatoms. The monoisotopic (exact) mass is 523 g/mol. The van der Waals surface area contributed by atoms with E-state index in [1.165, 1.54) is 33.4 Å². The number of benzene rings is 3. The van der Waals surface area contributed by atoms with Crippen LogP contribution in [0, 0.1) is 26.6 Å². The Morgan fingerprint density at radius 2 is 1.56 bits per heavy atom. The largest absolute Gasteiger partial charge is 0.295 e. The third-order valence-electron chi connectivity index (χ3n) is 7.71. The molecule has 0 amide bonds. The fourth-order valence-corrected chi connectivity index (χ4v) is 5.57. The van der Waals surface area contributed by atoms with Gasteiger partial charge in [-0.1, -0.05) is 67.8 Å². The average Bonchev–Trinajstić information content (AvgIpc) is 2.88. The maximum atomic E-state index is 14.0. The first-order valence-corrected chi connectivity index (χ1v) is 13.7. The topological polar surface area (TPSA) is 3.24 Å². The van der Waals surface area contributed by atoms with Crippen LogP contribution in [0.3, 0.4) is 0 Å². The van der Waals surface area contributed by atoms with Crippen molar-refractivity contribution >= 4 is 23.3 Å². The number of hydrogen-bond donors (Lipinski definition) is 0. The molecule has 1 heterocycles. The van der Waals surface area contributed by atoms with Crippen LogP contribution in [0.15, 0.2) is 78.9 Å². The Kier molecular flexibility index (Phi) is 9.14. The Hall–Kier alpha value is -3.56. The first-order chi connectivity index (χ1) is 18.7. The van der Waals surface area contributed by atoms with Gasteiger partial charge in [-0.15, -0.1) is 0 Å². The molecule has 0 saturated carbocycles. The maximum Gasteiger partial charge on any atom is 0.123 e. The van der Waals surface area contributed by atoms with Crippen LogP contribution in [-0.4, -0.2) is 31.2 Å². The minimum Gasteiger partial charge on any atom is -0.295 e. The fraction of sp³-hybridized carbons (Fsp3) is 0.278. The molecule has 39 heavy (non-hydrogen) atoms. The second-order valence-corrected chi connectivity index (χ2v) is 10.7. The van der Waals surface area contributed by atoms with E-state index in [0.717, 1.165) is 59.5 Å². The summed E-state index contributed by atoms with van der Waals surface area (Å²) in [6.45, 7) is 19.0. The molecule has 0 aliphatic carbocycles. The first-order valence-electron chi connectivity index (χ1n) is 13.7. The molecule has 1 aliphatic heterocycles. The van der Waals surface area contributed by atoms with Crippen molar-refractivity contribution in [3.63, 3.8) is 0 Å². The summed E-state index contributed by atoms with van der Waals surface area (Å²) in [5.41, 5.74) is 13.3. The third-order valence-corrected chi connectivity index (χ3v) is 7.71. The molecular weight excluding hydrogens is 484 g/mol. The Balaban J connectivity index is 1.65. The van der Waals surface area contributed by atoms with Crippen LogP contribution in [0.5, 0.6) is 0 Å². The summed E-state index contributed by atoms with van der Waals surface area (Å²) in [7, 11) is 0. The van der Waals surface area contributed by atoms with Crippen LogP contribution < -0.4 is 0 Å². The van der Waals surface area contributed by atoms with Crippen molar-refractivity contribution in [1.29, 1.82) is 0 Å². The maximum absolute atomic E-state index is 14.0. The van der Waals surface area contributed by atoms with Crippen molar-refractivity contribution in [3.8, 4) is 0 Å². The van der Waals surface area contributed by atoms with Crippen LogP contribution in [0.4, 0.5) is 8.78 Å². The zero-order chi connectivity index (χ0) is 28.1. The number of likely N-dealkylation sites (tertiary alicyclic amines) is 1. The van der Waals surface area contributed by atoms with Crippen molar-refractivity contribution < 1.29 is 8.78 Å². The molecule has 0 N–H and O–H groups in total. The highest BCUT2D eigenvalue weighted by atomic mass is 19.1. The lowest BCUT2D eigenvalue weighted by Gasteiger charge is -2.33. The van der Waals surface area contributed by atoms with Crippen LogP contribution >= 0.6 is 0 Å². The molecule has 0 unspecified atom stereocenters. The van der Waals surface area contributed by atoms with E-state index < -0.39 is 0 Å². The molecule has 202 valence electrons. The zero-order valence-electron chi connectivity index (χ0n) is 23.7. The van der Waals surface area contributed by atoms with Gasteiger partial charge in [0.05, 0.1) is 6.67 Å². The van der Waals surface area contributed by atoms with Crippen molar-refractivity contribution in [2.45, 2.75) is 40.5 Å². The van der Waals surface area contributed by atoms with E-state index in [2.05, 4.69) is 80.4 Å². The molecule has 0 atom stereocenters. The van der Waals surface area contributed by atoms with E-state index in [0.29, 0.717) is 6.42 Å². The molecule has 1 fully saturated rings. The van der Waals surface area contributed by atoms with Crippen molar-refractivity contribution in [1.82, 2.24) is 4.90 Å². The molecule has 0 bridgehead atoms. The molecular formula is C36H39F2N. The molecule has 0 spiro atoms. The normalized spacial score (nSPS) is 14.1. The smallest absolute Gasteiger partial charge is 0.123 e. The minimum atomic E-state index is -0.249. The predicted molar refractivity (Wildman–Crippen MR) is 164 cm³/mol. The summed E-state index contributed by atoms with van der Waals surface area (Å²) in [6.07, 6.45) is 5.48. The van der Waals surface area contributed by atoms with E-state index in [1.807, 2.05) is 19.9 Å². The van der Waals surface area contributed by atoms with Crippen molar-refractivity contribution in [3.05, 3.63) is 129 Å². The minimum absolute atomic E-state index is 0.219. The highest BCUT2D eigenvalue weighted by Gasteiger charge is 2.19. The van der Waals surface area contributed by atoms with Crippen LogP contribution in [0.2, 0.25) is 0 Å². The van der Waals surface area contributed by atoms with Crippen molar-refractivity contribution in [2.24, 2.45) is 0 Å². The Labute approximate surface area is 232 Å². The quantitative estimate of drug-likeness (QED) is 0.239. The highest BCUT2D eigenvalue weighted by Crippen LogP contribution is 2.36. The SMILES string of the molecule is C=Cc1ccc(/C(Cc2ccc(C=C3CN(CCCF)C3)cc2)=C(\C)C(=C)c2c(C)cc(F)cc2C)c(C)c1. The van der Waals surface area contributed by atoms with Gasteiger partial charge in [-0.3, -0.25) is 9.29 Å². The molecule has 1 saturated heterocycles. The zero-order valence-corrected chi connectivity index (χ0v) is 23.7. The Morgan fingerprint density at radius 3 is 2.15 bits per heavy atom. The van der Waals surface area contributed by atoms with Crippen molar-refractivity contribution in [2.75, 3.05) is 26.3 Å². The van der Waals surface area contributed by atoms with Gasteiger partial charge in [0.15, 0.2) is 0 Å². The highest BCUT2D eigenvalue weighted by molar-refractivity contribution is 5.90. The Bertz CT molecular complexity index is 1410. The molecule has 3 aromatic rings. The number of allylic oxidation sites excluding steroid dienone is 3. The van der Waals surface area contributed by atoms with E-state index >= 15 is 0 Å². The number of aryl methyl sites for hydroxylation is 3. The van der Waals surface area contributed by atoms with Gasteiger partial charge in [0.2, 0.25) is 0 Å². The summed E-state index contributed by atoms with van der Waals surface area (Å²) in [6, 6.07) is 18.4. The summed E-state index contributed by atoms with van der Waals surface area (Å²) in [5, 5.41) is 0.